The summed E-state index contributed by atoms with van der Waals surface area (Å²) < 4.78 is 10.7. The summed E-state index contributed by atoms with van der Waals surface area (Å²) in [7, 11) is 0. The minimum absolute atomic E-state index is 0.0392. The maximum Gasteiger partial charge on any atom is 0.273 e. The Bertz CT molecular complexity index is 1070. The molecule has 30 heavy (non-hydrogen) atoms. The molecule has 2 aromatic heterocycles. The van der Waals surface area contributed by atoms with Gasteiger partial charge in [-0.15, -0.1) is 10.2 Å². The van der Waals surface area contributed by atoms with E-state index < -0.39 is 11.3 Å². The van der Waals surface area contributed by atoms with Crippen LogP contribution in [0.25, 0.3) is 11.3 Å². The summed E-state index contributed by atoms with van der Waals surface area (Å²) in [5.74, 6) is 0.792. The van der Waals surface area contributed by atoms with Crippen molar-refractivity contribution in [1.82, 2.24) is 20.7 Å². The second-order valence-electron chi connectivity index (χ2n) is 7.30. The predicted octanol–water partition coefficient (Wildman–Crippen LogP) is 2.76. The first kappa shape index (κ1) is 20.2. The van der Waals surface area contributed by atoms with Gasteiger partial charge in [0.25, 0.3) is 5.91 Å². The molecule has 9 nitrogen and oxygen atoms in total. The number of nitrogens with zero attached hydrogens (tertiary/aromatic N) is 3. The minimum Gasteiger partial charge on any atom is -0.422 e. The Morgan fingerprint density at radius 1 is 1.30 bits per heavy atom. The van der Waals surface area contributed by atoms with Crippen LogP contribution in [0.4, 0.5) is 0 Å². The fourth-order valence-corrected chi connectivity index (χ4v) is 3.44. The Morgan fingerprint density at radius 3 is 2.80 bits per heavy atom. The lowest BCUT2D eigenvalue weighted by atomic mass is 9.80. The summed E-state index contributed by atoms with van der Waals surface area (Å²) in [4.78, 5) is 23.5. The molecule has 2 N–H and O–H groups in total. The van der Waals surface area contributed by atoms with Crippen molar-refractivity contribution in [1.29, 1.82) is 0 Å². The molecule has 1 saturated carbocycles. The van der Waals surface area contributed by atoms with E-state index >= 15 is 0 Å². The number of aliphatic hydroxyl groups excluding tert-OH is 1. The highest BCUT2D eigenvalue weighted by atomic mass is 35.5. The number of rotatable bonds is 7. The number of halogens is 1. The Balaban J connectivity index is 1.34. The van der Waals surface area contributed by atoms with E-state index in [4.69, 9.17) is 20.5 Å². The molecule has 4 rings (SSSR count). The van der Waals surface area contributed by atoms with Crippen molar-refractivity contribution in [3.8, 4) is 11.3 Å². The van der Waals surface area contributed by atoms with Crippen LogP contribution < -0.4 is 5.32 Å². The maximum absolute atomic E-state index is 12.5. The van der Waals surface area contributed by atoms with Crippen molar-refractivity contribution in [3.63, 3.8) is 0 Å². The van der Waals surface area contributed by atoms with Crippen molar-refractivity contribution >= 4 is 22.8 Å². The van der Waals surface area contributed by atoms with E-state index in [1.165, 1.54) is 0 Å². The van der Waals surface area contributed by atoms with E-state index in [-0.39, 0.29) is 35.9 Å². The monoisotopic (exact) mass is 430 g/mol. The van der Waals surface area contributed by atoms with Gasteiger partial charge in [-0.05, 0) is 43.0 Å². The van der Waals surface area contributed by atoms with Crippen LogP contribution in [0.1, 0.15) is 59.6 Å². The molecule has 1 atom stereocenters. The van der Waals surface area contributed by atoms with Gasteiger partial charge in [-0.1, -0.05) is 23.4 Å². The van der Waals surface area contributed by atoms with Crippen LogP contribution >= 0.6 is 11.6 Å². The Morgan fingerprint density at radius 2 is 2.10 bits per heavy atom. The van der Waals surface area contributed by atoms with Crippen molar-refractivity contribution in [3.05, 3.63) is 53.4 Å². The highest BCUT2D eigenvalue weighted by molar-refractivity contribution is 6.63. The number of carbonyl (C=O) groups excluding carboxylic acids is 2. The third-order valence-electron chi connectivity index (χ3n) is 4.93. The number of hydrogen-bond acceptors (Lipinski definition) is 8. The summed E-state index contributed by atoms with van der Waals surface area (Å²) >= 11 is 5.44. The third kappa shape index (κ3) is 4.42. The van der Waals surface area contributed by atoms with Crippen molar-refractivity contribution in [2.75, 3.05) is 0 Å². The second-order valence-corrected chi connectivity index (χ2v) is 7.72. The molecule has 1 fully saturated rings. The van der Waals surface area contributed by atoms with Crippen LogP contribution in [0.2, 0.25) is 0 Å². The first-order chi connectivity index (χ1) is 14.4. The normalized spacial score (nSPS) is 19.2. The molecular weight excluding hydrogens is 412 g/mol. The van der Waals surface area contributed by atoms with E-state index in [0.717, 1.165) is 5.56 Å². The van der Waals surface area contributed by atoms with Gasteiger partial charge < -0.3 is 19.4 Å². The molecule has 1 amide bonds. The van der Waals surface area contributed by atoms with Crippen molar-refractivity contribution in [2.24, 2.45) is 0 Å². The van der Waals surface area contributed by atoms with Crippen LogP contribution in [0, 0.1) is 0 Å². The largest absolute Gasteiger partial charge is 0.422 e. The zero-order valence-corrected chi connectivity index (χ0v) is 16.8. The lowest BCUT2D eigenvalue weighted by molar-refractivity contribution is -0.111. The fraction of sp³-hybridized carbons (Fsp3) is 0.350. The van der Waals surface area contributed by atoms with E-state index in [0.29, 0.717) is 30.1 Å². The van der Waals surface area contributed by atoms with Crippen LogP contribution in [0.5, 0.6) is 0 Å². The zero-order valence-electron chi connectivity index (χ0n) is 16.0. The molecule has 0 aliphatic heterocycles. The number of nitrogens with one attached hydrogen (secondary N) is 1. The highest BCUT2D eigenvalue weighted by Gasteiger charge is 2.36. The smallest absolute Gasteiger partial charge is 0.273 e. The number of aromatic nitrogens is 3. The molecule has 0 saturated heterocycles. The first-order valence-electron chi connectivity index (χ1n) is 9.45. The van der Waals surface area contributed by atoms with E-state index in [9.17, 15) is 14.7 Å². The number of carbonyl (C=O) groups is 2. The highest BCUT2D eigenvalue weighted by Crippen LogP contribution is 2.36. The summed E-state index contributed by atoms with van der Waals surface area (Å²) in [6, 6.07) is 8.65. The average Bonchev–Trinajstić information content (AvgIpc) is 3.33. The van der Waals surface area contributed by atoms with Crippen LogP contribution in [0.15, 0.2) is 39.3 Å². The van der Waals surface area contributed by atoms with E-state index in [2.05, 4.69) is 20.7 Å². The molecule has 156 valence electrons. The minimum atomic E-state index is -0.806. The molecule has 0 radical (unpaired) electrons. The zero-order chi connectivity index (χ0) is 21.3. The molecule has 10 heteroatoms. The third-order valence-corrected chi connectivity index (χ3v) is 5.07. The number of benzene rings is 1. The molecule has 1 aromatic carbocycles. The second kappa shape index (κ2) is 8.37. The van der Waals surface area contributed by atoms with Crippen molar-refractivity contribution < 1.29 is 23.6 Å². The van der Waals surface area contributed by atoms with Gasteiger partial charge >= 0.3 is 0 Å². The summed E-state index contributed by atoms with van der Waals surface area (Å²) in [6.07, 6.45) is 0.622. The first-order valence-corrected chi connectivity index (χ1v) is 9.83. The van der Waals surface area contributed by atoms with Crippen LogP contribution in [-0.2, 0) is 11.2 Å². The average molecular weight is 431 g/mol. The quantitative estimate of drug-likeness (QED) is 0.547. The Kier molecular flexibility index (Phi) is 5.65. The van der Waals surface area contributed by atoms with Gasteiger partial charge in [0, 0.05) is 30.0 Å². The van der Waals surface area contributed by atoms with Gasteiger partial charge in [-0.2, -0.15) is 0 Å². The Hall–Kier alpha value is -3.04. The van der Waals surface area contributed by atoms with Crippen molar-refractivity contribution in [2.45, 2.75) is 44.2 Å². The predicted molar refractivity (Wildman–Crippen MR) is 105 cm³/mol. The molecule has 1 aliphatic rings. The van der Waals surface area contributed by atoms with Gasteiger partial charge in [0.05, 0.1) is 0 Å². The van der Waals surface area contributed by atoms with E-state index in [1.807, 2.05) is 0 Å². The maximum atomic E-state index is 12.5. The van der Waals surface area contributed by atoms with Gasteiger partial charge in [-0.3, -0.25) is 9.59 Å². The molecule has 1 aliphatic carbocycles. The fourth-order valence-electron chi connectivity index (χ4n) is 3.29. The van der Waals surface area contributed by atoms with Gasteiger partial charge in [0.2, 0.25) is 17.0 Å². The number of aliphatic hydroxyl groups is 1. The molecule has 0 unspecified atom stereocenters. The van der Waals surface area contributed by atoms with Gasteiger partial charge in [0.15, 0.2) is 11.5 Å². The SMILES string of the molecule is C[C@@H](O)c1nnc([C@H]2C[C@H](NC(=O)c3cc(-c4cccc(CC(=O)Cl)c4)on3)C2)o1. The summed E-state index contributed by atoms with van der Waals surface area (Å²) in [5, 5.41) is 23.5. The van der Waals surface area contributed by atoms with Crippen LogP contribution in [-0.4, -0.2) is 37.7 Å². The van der Waals surface area contributed by atoms with Gasteiger partial charge in [-0.25, -0.2) is 0 Å². The van der Waals surface area contributed by atoms with Crippen LogP contribution in [0.3, 0.4) is 0 Å². The van der Waals surface area contributed by atoms with E-state index in [1.54, 1.807) is 37.3 Å². The topological polar surface area (TPSA) is 131 Å². The lowest BCUT2D eigenvalue weighted by Gasteiger charge is -2.33. The molecule has 2 heterocycles. The summed E-state index contributed by atoms with van der Waals surface area (Å²) in [6.45, 7) is 1.56. The Labute approximate surface area is 176 Å². The molecule has 0 spiro atoms. The number of hydrogen-bond donors (Lipinski definition) is 2. The standard InChI is InChI=1S/C20H19ClN4O5/c1-10(26)19-23-24-20(29-19)13-7-14(8-13)22-18(28)15-9-16(30-25-15)12-4-2-3-11(5-12)6-17(21)27/h2-5,9-10,13-14,26H,6-8H2,1H3,(H,22,28)/t10-,13-,14-/m1/s1. The molecule has 0 bridgehead atoms. The summed E-state index contributed by atoms with van der Waals surface area (Å²) in [5.41, 5.74) is 1.61. The molecule has 3 aromatic rings. The number of amides is 1. The lowest BCUT2D eigenvalue weighted by Crippen LogP contribution is -2.43. The molecular formula is C20H19ClN4O5. The van der Waals surface area contributed by atoms with Gasteiger partial charge in [0.1, 0.15) is 6.10 Å².